The Labute approximate surface area is 128 Å². The average Bonchev–Trinajstić information content (AvgIpc) is 2.44. The zero-order chi connectivity index (χ0) is 15.2. The van der Waals surface area contributed by atoms with Gasteiger partial charge in [0.25, 0.3) is 5.91 Å². The Bertz CT molecular complexity index is 460. The van der Waals surface area contributed by atoms with E-state index in [0.717, 1.165) is 17.3 Å². The number of benzene rings is 1. The molecule has 0 spiro atoms. The fourth-order valence-corrected chi connectivity index (χ4v) is 2.18. The maximum absolute atomic E-state index is 12.1. The number of nitrogens with one attached hydrogen (secondary N) is 1. The molecule has 0 atom stereocenters. The van der Waals surface area contributed by atoms with Gasteiger partial charge in [-0.3, -0.25) is 4.79 Å². The molecule has 0 bridgehead atoms. The number of halogens is 1. The van der Waals surface area contributed by atoms with Crippen LogP contribution in [-0.2, 0) is 0 Å². The van der Waals surface area contributed by atoms with Crippen molar-refractivity contribution in [2.45, 2.75) is 26.7 Å². The number of ether oxygens (including phenoxy) is 1. The minimum Gasteiger partial charge on any atom is -0.497 e. The molecule has 0 aliphatic carbocycles. The van der Waals surface area contributed by atoms with E-state index in [0.29, 0.717) is 17.9 Å². The molecular weight excluding hydrogens is 322 g/mol. The fraction of sp³-hybridized carbons (Fsp3) is 0.533. The molecule has 0 saturated heterocycles. The van der Waals surface area contributed by atoms with Crippen LogP contribution >= 0.6 is 15.9 Å². The van der Waals surface area contributed by atoms with Gasteiger partial charge in [-0.05, 0) is 52.4 Å². The van der Waals surface area contributed by atoms with Crippen LogP contribution in [0.2, 0.25) is 0 Å². The Hall–Kier alpha value is -1.07. The minimum atomic E-state index is -0.127. The number of carbonyl (C=O) groups is 1. The summed E-state index contributed by atoms with van der Waals surface area (Å²) in [6, 6.07) is 5.30. The quantitative estimate of drug-likeness (QED) is 0.748. The molecule has 1 aromatic rings. The standard InChI is InChI=1S/C15H22BrNO3/c1-15(2,10-18)7-4-8-17-14(19)12-9-11(20-3)5-6-13(12)16/h5-6,9,18H,4,7-8,10H2,1-3H3,(H,17,19). The van der Waals surface area contributed by atoms with E-state index in [1.165, 1.54) is 0 Å². The smallest absolute Gasteiger partial charge is 0.252 e. The molecular formula is C15H22BrNO3. The van der Waals surface area contributed by atoms with Crippen molar-refractivity contribution in [1.29, 1.82) is 0 Å². The largest absolute Gasteiger partial charge is 0.497 e. The van der Waals surface area contributed by atoms with E-state index in [4.69, 9.17) is 9.84 Å². The van der Waals surface area contributed by atoms with Crippen LogP contribution < -0.4 is 10.1 Å². The maximum atomic E-state index is 12.1. The number of aliphatic hydroxyl groups excluding tert-OH is 1. The summed E-state index contributed by atoms with van der Waals surface area (Å²) in [6.07, 6.45) is 1.70. The first-order valence-electron chi connectivity index (χ1n) is 6.62. The first kappa shape index (κ1) is 17.0. The van der Waals surface area contributed by atoms with E-state index in [2.05, 4.69) is 21.2 Å². The van der Waals surface area contributed by atoms with Crippen molar-refractivity contribution in [3.63, 3.8) is 0 Å². The molecule has 0 aliphatic rings. The van der Waals surface area contributed by atoms with Crippen LogP contribution in [0, 0.1) is 5.41 Å². The van der Waals surface area contributed by atoms with Gasteiger partial charge in [-0.15, -0.1) is 0 Å². The van der Waals surface area contributed by atoms with Crippen molar-refractivity contribution >= 4 is 21.8 Å². The molecule has 20 heavy (non-hydrogen) atoms. The Morgan fingerprint density at radius 2 is 2.15 bits per heavy atom. The molecule has 4 nitrogen and oxygen atoms in total. The molecule has 1 aromatic carbocycles. The average molecular weight is 344 g/mol. The summed E-state index contributed by atoms with van der Waals surface area (Å²) in [6.45, 7) is 4.76. The van der Waals surface area contributed by atoms with Crippen LogP contribution in [0.25, 0.3) is 0 Å². The SMILES string of the molecule is COc1ccc(Br)c(C(=O)NCCCC(C)(C)CO)c1. The number of methoxy groups -OCH3 is 1. The highest BCUT2D eigenvalue weighted by molar-refractivity contribution is 9.10. The molecule has 5 heteroatoms. The van der Waals surface area contributed by atoms with E-state index in [-0.39, 0.29) is 17.9 Å². The van der Waals surface area contributed by atoms with Crippen LogP contribution in [0.5, 0.6) is 5.75 Å². The Balaban J connectivity index is 2.51. The van der Waals surface area contributed by atoms with Gasteiger partial charge in [-0.1, -0.05) is 13.8 Å². The van der Waals surface area contributed by atoms with Crippen LogP contribution in [0.15, 0.2) is 22.7 Å². The third kappa shape index (κ3) is 5.13. The van der Waals surface area contributed by atoms with Crippen molar-refractivity contribution in [2.24, 2.45) is 5.41 Å². The third-order valence-corrected chi connectivity index (χ3v) is 3.85. The molecule has 0 fully saturated rings. The molecule has 0 saturated carbocycles. The van der Waals surface area contributed by atoms with Crippen molar-refractivity contribution in [2.75, 3.05) is 20.3 Å². The van der Waals surface area contributed by atoms with Gasteiger partial charge < -0.3 is 15.2 Å². The number of rotatable bonds is 7. The van der Waals surface area contributed by atoms with Crippen LogP contribution in [-0.4, -0.2) is 31.3 Å². The van der Waals surface area contributed by atoms with E-state index in [1.54, 1.807) is 25.3 Å². The number of hydrogen-bond donors (Lipinski definition) is 2. The summed E-state index contributed by atoms with van der Waals surface area (Å²) in [5, 5.41) is 12.0. The molecule has 2 N–H and O–H groups in total. The molecule has 1 amide bonds. The molecule has 0 aromatic heterocycles. The van der Waals surface area contributed by atoms with Gasteiger partial charge in [0.05, 0.1) is 12.7 Å². The Kier molecular flexibility index (Phi) is 6.49. The lowest BCUT2D eigenvalue weighted by Gasteiger charge is -2.21. The van der Waals surface area contributed by atoms with Gasteiger partial charge in [-0.25, -0.2) is 0 Å². The summed E-state index contributed by atoms with van der Waals surface area (Å²) < 4.78 is 5.86. The normalized spacial score (nSPS) is 11.2. The predicted octanol–water partition coefficient (Wildman–Crippen LogP) is 2.99. The predicted molar refractivity (Wildman–Crippen MR) is 83.1 cm³/mol. The van der Waals surface area contributed by atoms with Gasteiger partial charge in [-0.2, -0.15) is 0 Å². The van der Waals surface area contributed by atoms with Gasteiger partial charge in [0.1, 0.15) is 5.75 Å². The number of amides is 1. The van der Waals surface area contributed by atoms with Crippen molar-refractivity contribution in [3.05, 3.63) is 28.2 Å². The highest BCUT2D eigenvalue weighted by Gasteiger charge is 2.16. The fourth-order valence-electron chi connectivity index (χ4n) is 1.75. The topological polar surface area (TPSA) is 58.6 Å². The molecule has 0 aliphatic heterocycles. The lowest BCUT2D eigenvalue weighted by molar-refractivity contribution is 0.0947. The van der Waals surface area contributed by atoms with Crippen molar-refractivity contribution in [3.8, 4) is 5.75 Å². The number of hydrogen-bond acceptors (Lipinski definition) is 3. The zero-order valence-corrected chi connectivity index (χ0v) is 13.8. The van der Waals surface area contributed by atoms with Gasteiger partial charge >= 0.3 is 0 Å². The summed E-state index contributed by atoms with van der Waals surface area (Å²) in [5.41, 5.74) is 0.465. The van der Waals surface area contributed by atoms with Crippen molar-refractivity contribution in [1.82, 2.24) is 5.32 Å². The molecule has 0 radical (unpaired) electrons. The minimum absolute atomic E-state index is 0.0960. The molecule has 112 valence electrons. The maximum Gasteiger partial charge on any atom is 0.252 e. The third-order valence-electron chi connectivity index (χ3n) is 3.16. The van der Waals surface area contributed by atoms with Gasteiger partial charge in [0.15, 0.2) is 0 Å². The van der Waals surface area contributed by atoms with E-state index in [1.807, 2.05) is 13.8 Å². The van der Waals surface area contributed by atoms with E-state index in [9.17, 15) is 4.79 Å². The molecule has 1 rings (SSSR count). The number of carbonyl (C=O) groups excluding carboxylic acids is 1. The van der Waals surface area contributed by atoms with Gasteiger partial charge in [0, 0.05) is 17.6 Å². The summed E-state index contributed by atoms with van der Waals surface area (Å²) >= 11 is 3.36. The highest BCUT2D eigenvalue weighted by atomic mass is 79.9. The van der Waals surface area contributed by atoms with Crippen LogP contribution in [0.3, 0.4) is 0 Å². The second-order valence-electron chi connectivity index (χ2n) is 5.53. The Morgan fingerprint density at radius 3 is 2.75 bits per heavy atom. The van der Waals surface area contributed by atoms with Gasteiger partial charge in [0.2, 0.25) is 0 Å². The van der Waals surface area contributed by atoms with Crippen LogP contribution in [0.4, 0.5) is 0 Å². The van der Waals surface area contributed by atoms with E-state index < -0.39 is 0 Å². The first-order valence-corrected chi connectivity index (χ1v) is 7.41. The lowest BCUT2D eigenvalue weighted by Crippen LogP contribution is -2.26. The molecule has 0 heterocycles. The summed E-state index contributed by atoms with van der Waals surface area (Å²) in [4.78, 5) is 12.1. The lowest BCUT2D eigenvalue weighted by atomic mass is 9.89. The first-order chi connectivity index (χ1) is 9.39. The zero-order valence-electron chi connectivity index (χ0n) is 12.2. The molecule has 0 unspecified atom stereocenters. The summed E-state index contributed by atoms with van der Waals surface area (Å²) in [7, 11) is 1.57. The number of aliphatic hydroxyl groups is 1. The van der Waals surface area contributed by atoms with E-state index >= 15 is 0 Å². The second kappa shape index (κ2) is 7.64. The van der Waals surface area contributed by atoms with Crippen LogP contribution in [0.1, 0.15) is 37.0 Å². The summed E-state index contributed by atoms with van der Waals surface area (Å²) in [5.74, 6) is 0.525. The van der Waals surface area contributed by atoms with Crippen molar-refractivity contribution < 1.29 is 14.6 Å². The highest BCUT2D eigenvalue weighted by Crippen LogP contribution is 2.23. The Morgan fingerprint density at radius 1 is 1.45 bits per heavy atom. The second-order valence-corrected chi connectivity index (χ2v) is 6.38. The monoisotopic (exact) mass is 343 g/mol.